The van der Waals surface area contributed by atoms with E-state index in [1.165, 1.54) is 14.0 Å². The summed E-state index contributed by atoms with van der Waals surface area (Å²) in [5.41, 5.74) is 0. The first kappa shape index (κ1) is 11.9. The Hall–Kier alpha value is -1.17. The molecule has 1 saturated heterocycles. The van der Waals surface area contributed by atoms with Gasteiger partial charge < -0.3 is 15.4 Å². The number of carbonyl (C=O) groups excluding carboxylic acids is 2. The van der Waals surface area contributed by atoms with Gasteiger partial charge in [-0.05, 0) is 6.92 Å². The van der Waals surface area contributed by atoms with Crippen LogP contribution in [0.15, 0.2) is 0 Å². The summed E-state index contributed by atoms with van der Waals surface area (Å²) in [6.07, 6.45) is -0.839. The van der Waals surface area contributed by atoms with E-state index in [0.717, 1.165) is 0 Å². The fourth-order valence-corrected chi connectivity index (χ4v) is 1.44. The zero-order valence-electron chi connectivity index (χ0n) is 8.75. The third-order valence-corrected chi connectivity index (χ3v) is 2.31. The second kappa shape index (κ2) is 5.06. The zero-order chi connectivity index (χ0) is 11.4. The molecule has 2 N–H and O–H groups in total. The highest BCUT2D eigenvalue weighted by Crippen LogP contribution is 2.09. The summed E-state index contributed by atoms with van der Waals surface area (Å²) in [4.78, 5) is 22.5. The second-order valence-electron chi connectivity index (χ2n) is 3.55. The first-order chi connectivity index (χ1) is 7.04. The Morgan fingerprint density at radius 2 is 2.27 bits per heavy atom. The first-order valence-corrected chi connectivity index (χ1v) is 4.80. The smallest absolute Gasteiger partial charge is 0.328 e. The van der Waals surface area contributed by atoms with Crippen LogP contribution in [0.1, 0.15) is 13.3 Å². The molecule has 0 aromatic carbocycles. The number of methoxy groups -OCH3 is 1. The topological polar surface area (TPSA) is 67.4 Å². The number of halogens is 1. The van der Waals surface area contributed by atoms with Crippen molar-refractivity contribution in [1.29, 1.82) is 0 Å². The Morgan fingerprint density at radius 3 is 2.73 bits per heavy atom. The Bertz CT molecular complexity index is 260. The van der Waals surface area contributed by atoms with Crippen LogP contribution in [0.3, 0.4) is 0 Å². The van der Waals surface area contributed by atoms with Gasteiger partial charge in [0.15, 0.2) is 0 Å². The minimum Gasteiger partial charge on any atom is -0.467 e. The number of alkyl halides is 1. The van der Waals surface area contributed by atoms with Gasteiger partial charge in [0.05, 0.1) is 13.2 Å². The van der Waals surface area contributed by atoms with E-state index in [9.17, 15) is 14.0 Å². The lowest BCUT2D eigenvalue weighted by atomic mass is 10.2. The molecule has 1 aliphatic rings. The van der Waals surface area contributed by atoms with Crippen LogP contribution in [-0.2, 0) is 14.3 Å². The van der Waals surface area contributed by atoms with E-state index in [-0.39, 0.29) is 18.9 Å². The van der Waals surface area contributed by atoms with E-state index in [0.29, 0.717) is 0 Å². The molecule has 86 valence electrons. The number of carbonyl (C=O) groups is 2. The maximum absolute atomic E-state index is 12.8. The van der Waals surface area contributed by atoms with Gasteiger partial charge in [-0.3, -0.25) is 4.79 Å². The van der Waals surface area contributed by atoms with E-state index in [2.05, 4.69) is 15.4 Å². The fourth-order valence-electron chi connectivity index (χ4n) is 1.44. The van der Waals surface area contributed by atoms with Crippen LogP contribution in [-0.4, -0.2) is 43.8 Å². The lowest BCUT2D eigenvalue weighted by Crippen LogP contribution is -2.47. The monoisotopic (exact) mass is 218 g/mol. The lowest BCUT2D eigenvalue weighted by molar-refractivity contribution is -0.144. The number of rotatable bonds is 3. The van der Waals surface area contributed by atoms with Crippen LogP contribution < -0.4 is 10.6 Å². The molecule has 0 spiro atoms. The summed E-state index contributed by atoms with van der Waals surface area (Å²) >= 11 is 0. The minimum atomic E-state index is -0.991. The van der Waals surface area contributed by atoms with Crippen molar-refractivity contribution < 1.29 is 18.7 Å². The molecule has 1 heterocycles. The predicted molar refractivity (Wildman–Crippen MR) is 50.9 cm³/mol. The summed E-state index contributed by atoms with van der Waals surface area (Å²) in [5, 5.41) is 5.18. The van der Waals surface area contributed by atoms with Crippen molar-refractivity contribution in [2.75, 3.05) is 13.7 Å². The van der Waals surface area contributed by atoms with Crippen LogP contribution in [0.4, 0.5) is 4.39 Å². The van der Waals surface area contributed by atoms with Gasteiger partial charge in [0.1, 0.15) is 12.2 Å². The Balaban J connectivity index is 2.38. The lowest BCUT2D eigenvalue weighted by Gasteiger charge is -2.15. The zero-order valence-corrected chi connectivity index (χ0v) is 8.75. The summed E-state index contributed by atoms with van der Waals surface area (Å²) in [7, 11) is 1.25. The van der Waals surface area contributed by atoms with Crippen molar-refractivity contribution in [3.05, 3.63) is 0 Å². The van der Waals surface area contributed by atoms with E-state index in [4.69, 9.17) is 0 Å². The van der Waals surface area contributed by atoms with Gasteiger partial charge in [-0.15, -0.1) is 0 Å². The molecule has 5 nitrogen and oxygen atoms in total. The van der Waals surface area contributed by atoms with Gasteiger partial charge >= 0.3 is 5.97 Å². The van der Waals surface area contributed by atoms with Gasteiger partial charge in [0, 0.05) is 13.0 Å². The van der Waals surface area contributed by atoms with Gasteiger partial charge in [-0.1, -0.05) is 0 Å². The van der Waals surface area contributed by atoms with Crippen molar-refractivity contribution in [1.82, 2.24) is 10.6 Å². The minimum absolute atomic E-state index is 0.153. The van der Waals surface area contributed by atoms with E-state index in [1.54, 1.807) is 0 Å². The quantitative estimate of drug-likeness (QED) is 0.619. The fraction of sp³-hybridized carbons (Fsp3) is 0.778. The molecule has 0 radical (unpaired) electrons. The molecule has 1 rings (SSSR count). The number of esters is 1. The largest absolute Gasteiger partial charge is 0.467 e. The molecule has 1 amide bonds. The van der Waals surface area contributed by atoms with Crippen LogP contribution in [0.2, 0.25) is 0 Å². The molecule has 1 aliphatic heterocycles. The van der Waals surface area contributed by atoms with E-state index in [1.807, 2.05) is 0 Å². The Kier molecular flexibility index (Phi) is 4.02. The summed E-state index contributed by atoms with van der Waals surface area (Å²) in [6.45, 7) is 1.70. The van der Waals surface area contributed by atoms with E-state index >= 15 is 0 Å². The van der Waals surface area contributed by atoms with Crippen molar-refractivity contribution in [2.24, 2.45) is 0 Å². The number of hydrogen-bond acceptors (Lipinski definition) is 4. The van der Waals surface area contributed by atoms with Gasteiger partial charge in [-0.25, -0.2) is 9.18 Å². The molecule has 0 bridgehead atoms. The Morgan fingerprint density at radius 1 is 1.60 bits per heavy atom. The highest BCUT2D eigenvalue weighted by atomic mass is 19.1. The number of ether oxygens (including phenoxy) is 1. The molecule has 6 heteroatoms. The molecule has 0 aromatic rings. The number of amides is 1. The van der Waals surface area contributed by atoms with Crippen molar-refractivity contribution in [3.8, 4) is 0 Å². The summed E-state index contributed by atoms with van der Waals surface area (Å²) in [6, 6.07) is -1.25. The summed E-state index contributed by atoms with van der Waals surface area (Å²) < 4.78 is 17.2. The number of nitrogens with one attached hydrogen (secondary N) is 2. The van der Waals surface area contributed by atoms with Crippen LogP contribution in [0, 0.1) is 0 Å². The molecule has 0 saturated carbocycles. The second-order valence-corrected chi connectivity index (χ2v) is 3.55. The van der Waals surface area contributed by atoms with Crippen molar-refractivity contribution >= 4 is 11.9 Å². The number of hydrogen-bond donors (Lipinski definition) is 2. The highest BCUT2D eigenvalue weighted by molar-refractivity contribution is 5.87. The van der Waals surface area contributed by atoms with Crippen LogP contribution >= 0.6 is 0 Å². The first-order valence-electron chi connectivity index (χ1n) is 4.80. The van der Waals surface area contributed by atoms with Crippen molar-refractivity contribution in [3.63, 3.8) is 0 Å². The molecule has 0 unspecified atom stereocenters. The highest BCUT2D eigenvalue weighted by Gasteiger charge is 2.30. The average Bonchev–Trinajstić information content (AvgIpc) is 2.63. The molecule has 0 aliphatic carbocycles. The van der Waals surface area contributed by atoms with Crippen LogP contribution in [0.25, 0.3) is 0 Å². The predicted octanol–water partition coefficient (Wildman–Crippen LogP) is -0.636. The third-order valence-electron chi connectivity index (χ3n) is 2.31. The molecule has 15 heavy (non-hydrogen) atoms. The van der Waals surface area contributed by atoms with Gasteiger partial charge in [0.25, 0.3) is 0 Å². The summed E-state index contributed by atoms with van der Waals surface area (Å²) in [5.74, 6) is -0.883. The maximum Gasteiger partial charge on any atom is 0.328 e. The van der Waals surface area contributed by atoms with Gasteiger partial charge in [-0.2, -0.15) is 0 Å². The third kappa shape index (κ3) is 3.16. The van der Waals surface area contributed by atoms with Crippen molar-refractivity contribution in [2.45, 2.75) is 31.6 Å². The molecule has 3 atom stereocenters. The standard InChI is InChI=1S/C9H15FN2O3/c1-5(9(14)15-2)12-8(13)7-3-6(10)4-11-7/h5-7,11H,3-4H2,1-2H3,(H,12,13)/t5-,6+,7-/m1/s1. The molecular formula is C9H15FN2O3. The average molecular weight is 218 g/mol. The molecular weight excluding hydrogens is 203 g/mol. The normalized spacial score (nSPS) is 27.1. The maximum atomic E-state index is 12.8. The van der Waals surface area contributed by atoms with Gasteiger partial charge in [0.2, 0.25) is 5.91 Å². The van der Waals surface area contributed by atoms with Crippen LogP contribution in [0.5, 0.6) is 0 Å². The molecule has 0 aromatic heterocycles. The van der Waals surface area contributed by atoms with E-state index < -0.39 is 24.2 Å². The molecule has 1 fully saturated rings. The Labute approximate surface area is 87.4 Å². The SMILES string of the molecule is COC(=O)[C@@H](C)NC(=O)[C@H]1C[C@H](F)CN1.